The van der Waals surface area contributed by atoms with Crippen molar-refractivity contribution in [2.45, 2.75) is 124 Å². The number of hydrogen-bond acceptors (Lipinski definition) is 12. The van der Waals surface area contributed by atoms with Crippen LogP contribution in [-0.4, -0.2) is 142 Å². The molecule has 0 aliphatic carbocycles. The molecule has 1 aromatic carbocycles. The van der Waals surface area contributed by atoms with Crippen molar-refractivity contribution in [3.63, 3.8) is 0 Å². The molecule has 3 aliphatic heterocycles. The molecule has 0 unspecified atom stereocenters. The van der Waals surface area contributed by atoms with Gasteiger partial charge in [-0.05, 0) is 109 Å². The number of hydrazine groups is 1. The number of aromatic nitrogens is 3. The molecule has 2 N–H and O–H groups in total. The van der Waals surface area contributed by atoms with Crippen LogP contribution in [0.1, 0.15) is 97.0 Å². The number of ether oxygens (including phenoxy) is 2. The van der Waals surface area contributed by atoms with Gasteiger partial charge >= 0.3 is 5.97 Å². The van der Waals surface area contributed by atoms with E-state index < -0.39 is 52.8 Å². The van der Waals surface area contributed by atoms with Crippen molar-refractivity contribution in [2.75, 3.05) is 54.5 Å². The summed E-state index contributed by atoms with van der Waals surface area (Å²) in [5.74, 6) is 2.96. The molecule has 70 heavy (non-hydrogen) atoms. The zero-order valence-electron chi connectivity index (χ0n) is 43.0. The normalized spacial score (nSPS) is 20.7. The number of carbonyl (C=O) groups excluding carboxylic acids is 5. The Morgan fingerprint density at radius 1 is 1.10 bits per heavy atom. The van der Waals surface area contributed by atoms with Crippen LogP contribution in [-0.2, 0) is 52.8 Å². The lowest BCUT2D eigenvalue weighted by Crippen LogP contribution is -2.62. The summed E-state index contributed by atoms with van der Waals surface area (Å²) in [6.45, 7) is 17.6. The van der Waals surface area contributed by atoms with Crippen LogP contribution in [0, 0.1) is 29.1 Å². The van der Waals surface area contributed by atoms with Crippen LogP contribution in [0.15, 0.2) is 41.9 Å². The Kier molecular flexibility index (Phi) is 15.9. The summed E-state index contributed by atoms with van der Waals surface area (Å²) >= 11 is 1.40. The molecule has 4 amide bonds. The molecule has 0 saturated carbocycles. The van der Waals surface area contributed by atoms with E-state index in [4.69, 9.17) is 19.4 Å². The van der Waals surface area contributed by atoms with Crippen LogP contribution in [0.5, 0.6) is 0 Å². The Balaban J connectivity index is 1.21. The van der Waals surface area contributed by atoms with Crippen molar-refractivity contribution >= 4 is 51.8 Å². The summed E-state index contributed by atoms with van der Waals surface area (Å²) in [5.41, 5.74) is 8.73. The Morgan fingerprint density at radius 3 is 2.56 bits per heavy atom. The fourth-order valence-corrected chi connectivity index (χ4v) is 10.6. The maximum absolute atomic E-state index is 14.7. The monoisotopic (exact) mass is 978 g/mol. The number of likely N-dealkylation sites (tertiary alicyclic amines) is 1. The van der Waals surface area contributed by atoms with Crippen molar-refractivity contribution in [3.05, 3.63) is 58.2 Å². The highest BCUT2D eigenvalue weighted by atomic mass is 32.1. The molecule has 2 fully saturated rings. The summed E-state index contributed by atoms with van der Waals surface area (Å²) in [4.78, 5) is 85.4. The average molecular weight is 978 g/mol. The standard InChI is InChI=1S/C53H71N9O7S/c1-13-61-42-19-18-34-26-37(42)38(47(61)36-16-14-23-54-45(36)33(4)68-12)28-52(5,6)31-69-51(67)39-17-15-24-62(57-39)50(66)40(27-43-55-41(34)30-70-43)56-48(64)46(32(2)3)59(11)49(65)35-21-25-60(29-35)44(63)20-22-53(7,8)58(9)10/h14,16,18-19,23,26,30,32-33,35,39-40,46,57H,13,15,17,21,24-25,27-29,31H2,1-12H3,(H,56,64)/t33-,35-,39-,40-,46-/m0/s1. The summed E-state index contributed by atoms with van der Waals surface area (Å²) in [6.07, 6.45) is 3.60. The lowest BCUT2D eigenvalue weighted by molar-refractivity contribution is -0.155. The minimum atomic E-state index is -1.10. The molecule has 16 nitrogen and oxygen atoms in total. The second kappa shape index (κ2) is 21.4. The summed E-state index contributed by atoms with van der Waals surface area (Å²) in [6, 6.07) is 7.57. The van der Waals surface area contributed by atoms with Crippen LogP contribution in [0.3, 0.4) is 0 Å². The third kappa shape index (κ3) is 11.1. The molecule has 0 spiro atoms. The van der Waals surface area contributed by atoms with Crippen molar-refractivity contribution < 1.29 is 33.4 Å². The first kappa shape index (κ1) is 52.2. The van der Waals surface area contributed by atoms with E-state index in [9.17, 15) is 24.0 Å². The van der Waals surface area contributed by atoms with Gasteiger partial charge in [-0.1, -0.05) is 39.7 Å². The van der Waals surface area contributed by atoms with E-state index in [1.54, 1.807) is 25.3 Å². The van der Waals surface area contributed by atoms with Gasteiger partial charge in [-0.3, -0.25) is 38.9 Å². The highest BCUT2D eigenvalue weighted by molar-refractivity contribution is 7.10. The van der Waals surface area contributed by atoms with Crippen LogP contribution < -0.4 is 10.7 Å². The second-order valence-electron chi connectivity index (χ2n) is 20.8. The second-order valence-corrected chi connectivity index (χ2v) is 21.8. The highest BCUT2D eigenvalue weighted by Gasteiger charge is 2.41. The summed E-state index contributed by atoms with van der Waals surface area (Å²) in [5, 5.41) is 8.10. The van der Waals surface area contributed by atoms with Crippen LogP contribution in [0.4, 0.5) is 0 Å². The van der Waals surface area contributed by atoms with Crippen molar-refractivity contribution in [1.29, 1.82) is 0 Å². The number of nitrogens with one attached hydrogen (secondary N) is 2. The van der Waals surface area contributed by atoms with Gasteiger partial charge in [-0.25, -0.2) is 10.4 Å². The molecule has 17 heteroatoms. The van der Waals surface area contributed by atoms with Crippen molar-refractivity contribution in [1.82, 2.24) is 45.0 Å². The molecular weight excluding hydrogens is 907 g/mol. The van der Waals surface area contributed by atoms with Crippen LogP contribution in [0.25, 0.3) is 33.4 Å². The largest absolute Gasteiger partial charge is 0.464 e. The highest BCUT2D eigenvalue weighted by Crippen LogP contribution is 2.42. The van der Waals surface area contributed by atoms with Gasteiger partial charge in [0.2, 0.25) is 11.8 Å². The van der Waals surface area contributed by atoms with E-state index in [0.29, 0.717) is 50.3 Å². The maximum Gasteiger partial charge on any atom is 0.324 e. The third-order valence-corrected chi connectivity index (χ3v) is 15.1. The van der Waals surface area contributed by atoms with Gasteiger partial charge in [0.05, 0.1) is 46.3 Å². The Bertz CT molecular complexity index is 2680. The van der Waals surface area contributed by atoms with Gasteiger partial charge in [0, 0.05) is 85.8 Å². The van der Waals surface area contributed by atoms with Crippen molar-refractivity contribution in [2.24, 2.45) is 17.3 Å². The number of benzene rings is 1. The number of cyclic esters (lactones) is 1. The van der Waals surface area contributed by atoms with E-state index in [0.717, 1.165) is 44.7 Å². The number of rotatable bonds is 10. The van der Waals surface area contributed by atoms with Crippen LogP contribution >= 0.6 is 11.3 Å². The molecule has 376 valence electrons. The average Bonchev–Trinajstić information content (AvgIpc) is 4.09. The third-order valence-electron chi connectivity index (χ3n) is 14.2. The van der Waals surface area contributed by atoms with Gasteiger partial charge in [0.25, 0.3) is 11.8 Å². The predicted octanol–water partition coefficient (Wildman–Crippen LogP) is 5.88. The van der Waals surface area contributed by atoms with Gasteiger partial charge in [-0.15, -0.1) is 11.3 Å². The number of methoxy groups -OCH3 is 1. The van der Waals surface area contributed by atoms with E-state index in [2.05, 4.69) is 72.2 Å². The number of fused-ring (bicyclic) bond motifs is 6. The first-order valence-corrected chi connectivity index (χ1v) is 25.4. The fraction of sp³-hybridized carbons (Fsp3) is 0.566. The Labute approximate surface area is 416 Å². The summed E-state index contributed by atoms with van der Waals surface area (Å²) in [7, 11) is 7.09. The first-order chi connectivity index (χ1) is 33.1. The number of esters is 1. The van der Waals surface area contributed by atoms with Gasteiger partial charge in [-0.2, -0.15) is 0 Å². The van der Waals surface area contributed by atoms with Crippen LogP contribution in [0.2, 0.25) is 0 Å². The molecule has 7 rings (SSSR count). The van der Waals surface area contributed by atoms with Gasteiger partial charge < -0.3 is 29.2 Å². The molecule has 6 bridgehead atoms. The molecule has 6 heterocycles. The molecule has 3 aliphatic rings. The quantitative estimate of drug-likeness (QED) is 0.144. The molecule has 4 aromatic rings. The maximum atomic E-state index is 14.7. The Morgan fingerprint density at radius 2 is 1.86 bits per heavy atom. The minimum absolute atomic E-state index is 0.0654. The number of carbonyl (C=O) groups is 5. The number of pyridine rings is 1. The predicted molar refractivity (Wildman–Crippen MR) is 271 cm³/mol. The van der Waals surface area contributed by atoms with E-state index in [-0.39, 0.29) is 43.4 Å². The zero-order chi connectivity index (χ0) is 50.8. The number of hydrogen-bond donors (Lipinski definition) is 2. The molecular formula is C53H71N9O7S. The topological polar surface area (TPSA) is 172 Å². The molecule has 0 radical (unpaired) electrons. The van der Waals surface area contributed by atoms with Gasteiger partial charge in [0.1, 0.15) is 18.1 Å². The lowest BCUT2D eigenvalue weighted by Gasteiger charge is -2.36. The fourth-order valence-electron chi connectivity index (χ4n) is 9.72. The van der Waals surface area contributed by atoms with E-state index >= 15 is 0 Å². The molecule has 3 aromatic heterocycles. The minimum Gasteiger partial charge on any atom is -0.464 e. The van der Waals surface area contributed by atoms with E-state index in [1.807, 2.05) is 65.1 Å². The smallest absolute Gasteiger partial charge is 0.324 e. The number of amides is 4. The SMILES string of the molecule is CCn1c(-c2cccnc2[C@H](C)OC)c2c3cc(ccc31)-c1csc(n1)C[C@H](NC(=O)[C@H](C(C)C)N(C)C(=O)[C@H]1CCN(C(=O)C#CC(C)(C)N(C)C)C1)C(=O)N1CCC[C@H](N1)C(=O)OCC(C)(C)C2. The number of nitrogens with zero attached hydrogens (tertiary/aromatic N) is 7. The summed E-state index contributed by atoms with van der Waals surface area (Å²) < 4.78 is 14.3. The Hall–Kier alpha value is -5.67. The van der Waals surface area contributed by atoms with Gasteiger partial charge in [0.15, 0.2) is 0 Å². The molecule has 5 atom stereocenters. The van der Waals surface area contributed by atoms with Crippen molar-refractivity contribution in [3.8, 4) is 34.4 Å². The number of aryl methyl sites for hydroxylation is 1. The molecule has 2 saturated heterocycles. The zero-order valence-corrected chi connectivity index (χ0v) is 43.8. The number of thiazole rings is 1. The number of likely N-dealkylation sites (N-methyl/N-ethyl adjacent to an activating group) is 1. The lowest BCUT2D eigenvalue weighted by atomic mass is 9.84. The van der Waals surface area contributed by atoms with E-state index in [1.165, 1.54) is 21.2 Å². The first-order valence-electron chi connectivity index (χ1n) is 24.5.